The average molecular weight is 195 g/mol. The predicted octanol–water partition coefficient (Wildman–Crippen LogP) is 0.831. The zero-order valence-electron chi connectivity index (χ0n) is 5.86. The molecule has 1 atom stereocenters. The molecule has 0 aromatic rings. The lowest BCUT2D eigenvalue weighted by Gasteiger charge is -1.98. The van der Waals surface area contributed by atoms with E-state index in [1.54, 1.807) is 0 Å². The van der Waals surface area contributed by atoms with E-state index in [4.69, 9.17) is 9.81 Å². The van der Waals surface area contributed by atoms with Gasteiger partial charge in [0.2, 0.25) is 0 Å². The van der Waals surface area contributed by atoms with Gasteiger partial charge in [0.1, 0.15) is 0 Å². The van der Waals surface area contributed by atoms with Gasteiger partial charge in [0.15, 0.2) is 0 Å². The van der Waals surface area contributed by atoms with Crippen LogP contribution in [0.4, 0.5) is 0 Å². The second-order valence-corrected chi connectivity index (χ2v) is 4.22. The summed E-state index contributed by atoms with van der Waals surface area (Å²) in [5.41, 5.74) is 0. The fourth-order valence-electron chi connectivity index (χ4n) is 0.470. The van der Waals surface area contributed by atoms with Gasteiger partial charge in [-0.05, 0) is 12.8 Å². The Morgan fingerprint density at radius 2 is 2.27 bits per heavy atom. The molecule has 0 fully saturated rings. The normalized spacial score (nSPS) is 15.3. The molecule has 1 unspecified atom stereocenters. The van der Waals surface area contributed by atoms with Crippen LogP contribution in [0.25, 0.3) is 0 Å². The Labute approximate surface area is 70.9 Å². The monoisotopic (exact) mass is 195 g/mol. The summed E-state index contributed by atoms with van der Waals surface area (Å²) < 4.78 is 23.1. The fourth-order valence-corrected chi connectivity index (χ4v) is 1.00. The molecule has 11 heavy (non-hydrogen) atoms. The molecule has 0 aliphatic heterocycles. The van der Waals surface area contributed by atoms with Gasteiger partial charge in [-0.2, -0.15) is 9.47 Å². The molecule has 0 saturated heterocycles. The van der Waals surface area contributed by atoms with Gasteiger partial charge in [0, 0.05) is 17.6 Å². The first-order valence-corrected chi connectivity index (χ1v) is 5.41. The Hall–Kier alpha value is -0.220. The standard InChI is InChI=1S/C5H9NO3S2/c6-4-2-1-3-5-9-11(7,8)10/h1-3,5H2,(H,7,8,10). The first kappa shape index (κ1) is 10.8. The van der Waals surface area contributed by atoms with Crippen molar-refractivity contribution in [1.82, 2.24) is 0 Å². The molecule has 0 heterocycles. The molecule has 0 rings (SSSR count). The van der Waals surface area contributed by atoms with Gasteiger partial charge in [-0.3, -0.25) is 8.74 Å². The third-order valence-electron chi connectivity index (χ3n) is 0.915. The second kappa shape index (κ2) is 5.43. The molecule has 0 amide bonds. The quantitative estimate of drug-likeness (QED) is 0.658. The topological polar surface area (TPSA) is 70.3 Å². The summed E-state index contributed by atoms with van der Waals surface area (Å²) in [7, 11) is -3.46. The molecule has 0 saturated carbocycles. The Bertz CT molecular complexity index is 229. The summed E-state index contributed by atoms with van der Waals surface area (Å²) in [6, 6.07) is 1.95. The third-order valence-corrected chi connectivity index (χ3v) is 1.67. The van der Waals surface area contributed by atoms with E-state index >= 15 is 0 Å². The maximum absolute atomic E-state index is 10.3. The van der Waals surface area contributed by atoms with Crippen LogP contribution in [0.2, 0.25) is 0 Å². The van der Waals surface area contributed by atoms with Crippen molar-refractivity contribution in [3.8, 4) is 6.07 Å². The first-order valence-electron chi connectivity index (χ1n) is 3.05. The number of hydrogen-bond acceptors (Lipinski definition) is 4. The third kappa shape index (κ3) is 9.78. The smallest absolute Gasteiger partial charge is 0.266 e. The van der Waals surface area contributed by atoms with Crippen LogP contribution in [0.15, 0.2) is 0 Å². The van der Waals surface area contributed by atoms with E-state index in [0.29, 0.717) is 19.3 Å². The molecule has 0 aromatic heterocycles. The molecule has 0 bridgehead atoms. The minimum absolute atomic E-state index is 0.139. The fraction of sp³-hybridized carbons (Fsp3) is 0.800. The van der Waals surface area contributed by atoms with Gasteiger partial charge in [0.25, 0.3) is 9.05 Å². The lowest BCUT2D eigenvalue weighted by atomic mass is 10.3. The second-order valence-electron chi connectivity index (χ2n) is 1.86. The van der Waals surface area contributed by atoms with Crippen LogP contribution in [0, 0.1) is 11.3 Å². The Morgan fingerprint density at radius 3 is 2.73 bits per heavy atom. The molecule has 64 valence electrons. The highest BCUT2D eigenvalue weighted by Gasteiger charge is 1.97. The van der Waals surface area contributed by atoms with Gasteiger partial charge in [0.05, 0.1) is 12.7 Å². The molecule has 0 aliphatic rings. The number of unbranched alkanes of at least 4 members (excludes halogenated alkanes) is 2. The number of nitrogens with zero attached hydrogens (tertiary/aromatic N) is 1. The van der Waals surface area contributed by atoms with E-state index in [2.05, 4.69) is 15.4 Å². The summed E-state index contributed by atoms with van der Waals surface area (Å²) in [5.74, 6) is 0. The summed E-state index contributed by atoms with van der Waals surface area (Å²) in [5, 5.41) is 8.11. The highest BCUT2D eigenvalue weighted by molar-refractivity contribution is 8.27. The maximum Gasteiger partial charge on any atom is 0.266 e. The maximum atomic E-state index is 10.3. The van der Waals surface area contributed by atoms with Crippen LogP contribution in [0.1, 0.15) is 19.3 Å². The highest BCUT2D eigenvalue weighted by atomic mass is 32.9. The largest absolute Gasteiger partial charge is 0.285 e. The van der Waals surface area contributed by atoms with Crippen LogP contribution < -0.4 is 0 Å². The number of rotatable bonds is 5. The minimum Gasteiger partial charge on any atom is -0.285 e. The van der Waals surface area contributed by atoms with E-state index in [1.165, 1.54) is 0 Å². The van der Waals surface area contributed by atoms with Crippen molar-refractivity contribution >= 4 is 20.2 Å². The Balaban J connectivity index is 3.24. The van der Waals surface area contributed by atoms with Gasteiger partial charge < -0.3 is 0 Å². The van der Waals surface area contributed by atoms with E-state index in [1.807, 2.05) is 6.07 Å². The summed E-state index contributed by atoms with van der Waals surface area (Å²) in [6.07, 6.45) is 1.69. The predicted molar refractivity (Wildman–Crippen MR) is 43.6 cm³/mol. The molecule has 0 aliphatic carbocycles. The van der Waals surface area contributed by atoms with Gasteiger partial charge >= 0.3 is 0 Å². The molecule has 0 spiro atoms. The Morgan fingerprint density at radius 1 is 1.64 bits per heavy atom. The minimum atomic E-state index is -3.46. The molecule has 0 radical (unpaired) electrons. The Kier molecular flexibility index (Phi) is 5.32. The van der Waals surface area contributed by atoms with Crippen LogP contribution in [-0.4, -0.2) is 15.4 Å². The molecular formula is C5H9NO3S2. The van der Waals surface area contributed by atoms with E-state index < -0.39 is 9.05 Å². The molecular weight excluding hydrogens is 186 g/mol. The lowest BCUT2D eigenvalue weighted by Crippen LogP contribution is -2.03. The first-order chi connectivity index (χ1) is 5.06. The van der Waals surface area contributed by atoms with Crippen molar-refractivity contribution in [2.75, 3.05) is 6.61 Å². The molecule has 4 nitrogen and oxygen atoms in total. The van der Waals surface area contributed by atoms with Crippen molar-refractivity contribution in [3.63, 3.8) is 0 Å². The van der Waals surface area contributed by atoms with E-state index in [0.717, 1.165) is 0 Å². The van der Waals surface area contributed by atoms with Crippen molar-refractivity contribution in [3.05, 3.63) is 0 Å². The molecule has 0 aromatic carbocycles. The van der Waals surface area contributed by atoms with E-state index in [-0.39, 0.29) is 6.61 Å². The van der Waals surface area contributed by atoms with Gasteiger partial charge in [-0.15, -0.1) is 0 Å². The summed E-state index contributed by atoms with van der Waals surface area (Å²) in [4.78, 5) is 0. The zero-order chi connectivity index (χ0) is 8.74. The van der Waals surface area contributed by atoms with E-state index in [9.17, 15) is 4.21 Å². The lowest BCUT2D eigenvalue weighted by molar-refractivity contribution is 0.297. The SMILES string of the molecule is N#CCCCCOS(=O)(O)=S. The van der Waals surface area contributed by atoms with Gasteiger partial charge in [-0.25, -0.2) is 0 Å². The van der Waals surface area contributed by atoms with Gasteiger partial charge in [-0.1, -0.05) is 0 Å². The number of hydrogen-bond donors (Lipinski definition) is 1. The van der Waals surface area contributed by atoms with Crippen LogP contribution >= 0.6 is 0 Å². The van der Waals surface area contributed by atoms with Crippen LogP contribution in [0.3, 0.4) is 0 Å². The molecule has 6 heteroatoms. The van der Waals surface area contributed by atoms with Crippen LogP contribution in [0.5, 0.6) is 0 Å². The van der Waals surface area contributed by atoms with Crippen molar-refractivity contribution in [2.45, 2.75) is 19.3 Å². The average Bonchev–Trinajstić information content (AvgIpc) is 1.85. The van der Waals surface area contributed by atoms with Crippen molar-refractivity contribution < 1.29 is 12.9 Å². The number of nitriles is 1. The highest BCUT2D eigenvalue weighted by Crippen LogP contribution is 1.96. The van der Waals surface area contributed by atoms with Crippen molar-refractivity contribution in [1.29, 1.82) is 5.26 Å². The van der Waals surface area contributed by atoms with Crippen LogP contribution in [-0.2, 0) is 24.4 Å². The summed E-state index contributed by atoms with van der Waals surface area (Å²) in [6.45, 7) is 0.139. The summed E-state index contributed by atoms with van der Waals surface area (Å²) >= 11 is 4.06. The zero-order valence-corrected chi connectivity index (χ0v) is 7.49. The molecule has 1 N–H and O–H groups in total. The van der Waals surface area contributed by atoms with Crippen molar-refractivity contribution in [2.24, 2.45) is 0 Å².